The number of hydrogen-bond acceptors (Lipinski definition) is 3. The van der Waals surface area contributed by atoms with E-state index in [0.29, 0.717) is 5.33 Å². The molecule has 1 fully saturated rings. The lowest BCUT2D eigenvalue weighted by molar-refractivity contribution is -0.149. The third-order valence-electron chi connectivity index (χ3n) is 2.09. The van der Waals surface area contributed by atoms with Crippen LogP contribution in [-0.2, 0) is 9.59 Å². The van der Waals surface area contributed by atoms with E-state index in [1.807, 2.05) is 0 Å². The summed E-state index contributed by atoms with van der Waals surface area (Å²) in [5.74, 6) is -0.210. The fourth-order valence-corrected chi connectivity index (χ4v) is 1.44. The molecule has 1 aliphatic heterocycles. The molecule has 1 saturated heterocycles. The Morgan fingerprint density at radius 2 is 2.07 bits per heavy atom. The molecule has 1 atom stereocenters. The van der Waals surface area contributed by atoms with E-state index in [4.69, 9.17) is 0 Å². The number of alkyl halides is 1. The molecule has 1 N–H and O–H groups in total. The van der Waals surface area contributed by atoms with E-state index in [1.54, 1.807) is 7.05 Å². The molecule has 14 heavy (non-hydrogen) atoms. The minimum absolute atomic E-state index is 0.0688. The molecule has 1 aliphatic rings. The third kappa shape index (κ3) is 2.68. The van der Waals surface area contributed by atoms with E-state index in [1.165, 1.54) is 9.80 Å². The first kappa shape index (κ1) is 11.5. The first-order chi connectivity index (χ1) is 6.54. The second-order valence-corrected chi connectivity index (χ2v) is 3.98. The van der Waals surface area contributed by atoms with Crippen LogP contribution in [0.4, 0.5) is 0 Å². The second-order valence-electron chi connectivity index (χ2n) is 3.33. The van der Waals surface area contributed by atoms with Crippen molar-refractivity contribution in [2.75, 3.05) is 32.0 Å². The molecule has 0 aliphatic carbocycles. The number of carbonyl (C=O) groups excluding carboxylic acids is 2. The summed E-state index contributed by atoms with van der Waals surface area (Å²) in [6.07, 6.45) is -0.616. The highest BCUT2D eigenvalue weighted by atomic mass is 79.9. The molecule has 0 aromatic heterocycles. The summed E-state index contributed by atoms with van der Waals surface area (Å²) in [4.78, 5) is 25.4. The van der Waals surface area contributed by atoms with Gasteiger partial charge in [0.1, 0.15) is 0 Å². The number of nitrogens with zero attached hydrogens (tertiary/aromatic N) is 2. The lowest BCUT2D eigenvalue weighted by Gasteiger charge is -2.32. The van der Waals surface area contributed by atoms with Gasteiger partial charge in [-0.25, -0.2) is 0 Å². The van der Waals surface area contributed by atoms with Crippen LogP contribution in [0, 0.1) is 0 Å². The second kappa shape index (κ2) is 4.75. The zero-order valence-electron chi connectivity index (χ0n) is 7.94. The van der Waals surface area contributed by atoms with Crippen molar-refractivity contribution in [2.45, 2.75) is 6.10 Å². The molecule has 0 bridgehead atoms. The summed E-state index contributed by atoms with van der Waals surface area (Å²) < 4.78 is 0. The zero-order valence-corrected chi connectivity index (χ0v) is 9.53. The Balaban J connectivity index is 2.53. The lowest BCUT2D eigenvalue weighted by atomic mass is 10.2. The van der Waals surface area contributed by atoms with Gasteiger partial charge in [0.05, 0.1) is 19.2 Å². The first-order valence-corrected chi connectivity index (χ1v) is 5.42. The number of piperazine rings is 1. The van der Waals surface area contributed by atoms with E-state index in [2.05, 4.69) is 15.9 Å². The van der Waals surface area contributed by atoms with Crippen LogP contribution in [0.5, 0.6) is 0 Å². The Bertz CT molecular complexity index is 247. The largest absolute Gasteiger partial charge is 0.390 e. The maximum absolute atomic E-state index is 11.4. The van der Waals surface area contributed by atoms with Gasteiger partial charge in [0.2, 0.25) is 11.8 Å². The summed E-state index contributed by atoms with van der Waals surface area (Å²) >= 11 is 3.11. The van der Waals surface area contributed by atoms with Gasteiger partial charge in [-0.05, 0) is 0 Å². The summed E-state index contributed by atoms with van der Waals surface area (Å²) in [6, 6.07) is 0. The van der Waals surface area contributed by atoms with Gasteiger partial charge in [-0.3, -0.25) is 9.59 Å². The molecule has 2 amide bonds. The number of halogens is 1. The van der Waals surface area contributed by atoms with Crippen molar-refractivity contribution in [1.29, 1.82) is 0 Å². The van der Waals surface area contributed by atoms with Gasteiger partial charge in [0.15, 0.2) is 0 Å². The SMILES string of the molecule is CN1CC(=O)N(CC(O)CBr)CC1=O. The molecule has 1 heterocycles. The van der Waals surface area contributed by atoms with Crippen molar-refractivity contribution >= 4 is 27.7 Å². The predicted molar refractivity (Wildman–Crippen MR) is 54.0 cm³/mol. The maximum Gasteiger partial charge on any atom is 0.242 e. The number of aliphatic hydroxyl groups is 1. The number of hydrogen-bond donors (Lipinski definition) is 1. The van der Waals surface area contributed by atoms with Crippen LogP contribution in [0.1, 0.15) is 0 Å². The molecule has 6 heteroatoms. The zero-order chi connectivity index (χ0) is 10.7. The van der Waals surface area contributed by atoms with Crippen molar-refractivity contribution < 1.29 is 14.7 Å². The average molecular weight is 265 g/mol. The van der Waals surface area contributed by atoms with Crippen molar-refractivity contribution in [2.24, 2.45) is 0 Å². The molecular formula is C8H13BrN2O3. The highest BCUT2D eigenvalue weighted by Gasteiger charge is 2.28. The van der Waals surface area contributed by atoms with Crippen molar-refractivity contribution in [3.63, 3.8) is 0 Å². The van der Waals surface area contributed by atoms with E-state index < -0.39 is 6.10 Å². The number of β-amino-alcohol motifs (C(OH)–C–C–N with tert-alkyl or cyclic N) is 1. The quantitative estimate of drug-likeness (QED) is 0.669. The summed E-state index contributed by atoms with van der Waals surface area (Å²) in [5.41, 5.74) is 0. The molecule has 80 valence electrons. The maximum atomic E-state index is 11.4. The predicted octanol–water partition coefficient (Wildman–Crippen LogP) is -0.957. The molecule has 1 rings (SSSR count). The van der Waals surface area contributed by atoms with E-state index in [-0.39, 0.29) is 31.4 Å². The molecule has 0 radical (unpaired) electrons. The average Bonchev–Trinajstić information content (AvgIpc) is 2.14. The van der Waals surface area contributed by atoms with E-state index in [9.17, 15) is 14.7 Å². The molecule has 0 saturated carbocycles. The van der Waals surface area contributed by atoms with Gasteiger partial charge in [0, 0.05) is 18.9 Å². The van der Waals surface area contributed by atoms with Gasteiger partial charge >= 0.3 is 0 Å². The molecule has 0 aromatic rings. The standard InChI is InChI=1S/C8H13BrN2O3/c1-10-4-8(14)11(5-7(10)13)3-6(12)2-9/h6,12H,2-5H2,1H3. The van der Waals surface area contributed by atoms with Gasteiger partial charge in [0.25, 0.3) is 0 Å². The molecule has 0 spiro atoms. The van der Waals surface area contributed by atoms with Crippen molar-refractivity contribution in [3.05, 3.63) is 0 Å². The number of aliphatic hydroxyl groups excluding tert-OH is 1. The van der Waals surface area contributed by atoms with Crippen LogP contribution < -0.4 is 0 Å². The van der Waals surface area contributed by atoms with Gasteiger partial charge in [-0.2, -0.15) is 0 Å². The van der Waals surface area contributed by atoms with Crippen LogP contribution in [0.25, 0.3) is 0 Å². The lowest BCUT2D eigenvalue weighted by Crippen LogP contribution is -2.54. The van der Waals surface area contributed by atoms with Crippen LogP contribution in [0.3, 0.4) is 0 Å². The third-order valence-corrected chi connectivity index (χ3v) is 2.83. The first-order valence-electron chi connectivity index (χ1n) is 4.30. The monoisotopic (exact) mass is 264 g/mol. The molecule has 1 unspecified atom stereocenters. The van der Waals surface area contributed by atoms with Crippen LogP contribution in [0.15, 0.2) is 0 Å². The number of rotatable bonds is 3. The number of likely N-dealkylation sites (N-methyl/N-ethyl adjacent to an activating group) is 1. The van der Waals surface area contributed by atoms with Gasteiger partial charge < -0.3 is 14.9 Å². The molecule has 5 nitrogen and oxygen atoms in total. The summed E-state index contributed by atoms with van der Waals surface area (Å²) in [5, 5.41) is 9.72. The fourth-order valence-electron chi connectivity index (χ4n) is 1.23. The smallest absolute Gasteiger partial charge is 0.242 e. The Labute approximate surface area is 90.8 Å². The molecular weight excluding hydrogens is 252 g/mol. The highest BCUT2D eigenvalue weighted by Crippen LogP contribution is 2.04. The Morgan fingerprint density at radius 3 is 2.64 bits per heavy atom. The number of carbonyl (C=O) groups is 2. The van der Waals surface area contributed by atoms with Crippen molar-refractivity contribution in [1.82, 2.24) is 9.80 Å². The van der Waals surface area contributed by atoms with Crippen molar-refractivity contribution in [3.8, 4) is 0 Å². The van der Waals surface area contributed by atoms with Crippen LogP contribution in [-0.4, -0.2) is 64.8 Å². The van der Waals surface area contributed by atoms with Gasteiger partial charge in [-0.1, -0.05) is 15.9 Å². The Hall–Kier alpha value is -0.620. The Kier molecular flexibility index (Phi) is 3.88. The number of amides is 2. The minimum atomic E-state index is -0.616. The van der Waals surface area contributed by atoms with Crippen LogP contribution in [0.2, 0.25) is 0 Å². The summed E-state index contributed by atoms with van der Waals surface area (Å²) in [7, 11) is 1.60. The highest BCUT2D eigenvalue weighted by molar-refractivity contribution is 9.09. The van der Waals surface area contributed by atoms with Gasteiger partial charge in [-0.15, -0.1) is 0 Å². The van der Waals surface area contributed by atoms with E-state index in [0.717, 1.165) is 0 Å². The topological polar surface area (TPSA) is 60.9 Å². The normalized spacial score (nSPS) is 20.2. The summed E-state index contributed by atoms with van der Waals surface area (Å²) in [6.45, 7) is 0.386. The Morgan fingerprint density at radius 1 is 1.43 bits per heavy atom. The van der Waals surface area contributed by atoms with E-state index >= 15 is 0 Å². The van der Waals surface area contributed by atoms with Crippen LogP contribution >= 0.6 is 15.9 Å². The molecule has 0 aromatic carbocycles. The minimum Gasteiger partial charge on any atom is -0.390 e. The fraction of sp³-hybridized carbons (Fsp3) is 0.750.